The maximum atomic E-state index is 12.7. The molecule has 0 fully saturated rings. The van der Waals surface area contributed by atoms with Crippen molar-refractivity contribution in [2.45, 2.75) is 92.2 Å². The van der Waals surface area contributed by atoms with Crippen molar-refractivity contribution in [3.05, 3.63) is 0 Å². The highest BCUT2D eigenvalue weighted by Gasteiger charge is 2.41. The van der Waals surface area contributed by atoms with Crippen LogP contribution in [0.25, 0.3) is 0 Å². The average Bonchev–Trinajstić information content (AvgIpc) is 2.39. The van der Waals surface area contributed by atoms with Gasteiger partial charge in [-0.1, -0.05) is 55.4 Å². The van der Waals surface area contributed by atoms with Gasteiger partial charge in [0.15, 0.2) is 8.32 Å². The maximum absolute atomic E-state index is 12.7. The molecule has 3 nitrogen and oxygen atoms in total. The van der Waals surface area contributed by atoms with Crippen molar-refractivity contribution in [2.24, 2.45) is 17.8 Å². The Hall–Kier alpha value is -0.193. The number of hydrogen-bond acceptors (Lipinski definition) is 3. The Morgan fingerprint density at radius 1 is 1.09 bits per heavy atom. The monoisotopic (exact) mass is 330 g/mol. The molecule has 0 spiro atoms. The summed E-state index contributed by atoms with van der Waals surface area (Å²) >= 11 is 0. The van der Waals surface area contributed by atoms with Gasteiger partial charge >= 0.3 is 0 Å². The van der Waals surface area contributed by atoms with E-state index in [0.717, 1.165) is 6.42 Å². The summed E-state index contributed by atoms with van der Waals surface area (Å²) in [7, 11) is -1.90. The molecule has 0 heterocycles. The van der Waals surface area contributed by atoms with Crippen LogP contribution in [0, 0.1) is 17.8 Å². The second kappa shape index (κ2) is 8.07. The van der Waals surface area contributed by atoms with E-state index in [2.05, 4.69) is 40.8 Å². The van der Waals surface area contributed by atoms with E-state index in [-0.39, 0.29) is 34.7 Å². The summed E-state index contributed by atoms with van der Waals surface area (Å²) in [5.74, 6) is -0.311. The molecule has 0 aliphatic carbocycles. The molecule has 132 valence electrons. The smallest absolute Gasteiger partial charge is 0.192 e. The van der Waals surface area contributed by atoms with Crippen molar-refractivity contribution in [1.82, 2.24) is 0 Å². The van der Waals surface area contributed by atoms with Crippen LogP contribution < -0.4 is 0 Å². The summed E-state index contributed by atoms with van der Waals surface area (Å²) in [5, 5.41) is 10.3. The molecule has 0 aliphatic rings. The summed E-state index contributed by atoms with van der Waals surface area (Å²) in [6.45, 7) is 20.8. The van der Waals surface area contributed by atoms with Gasteiger partial charge in [0.05, 0.1) is 12.2 Å². The Morgan fingerprint density at radius 3 is 1.86 bits per heavy atom. The fourth-order valence-electron chi connectivity index (χ4n) is 2.44. The van der Waals surface area contributed by atoms with Crippen molar-refractivity contribution in [3.63, 3.8) is 0 Å². The normalized spacial score (nSPS) is 18.9. The molecule has 0 amide bonds. The van der Waals surface area contributed by atoms with Crippen LogP contribution in [0.15, 0.2) is 0 Å². The van der Waals surface area contributed by atoms with Gasteiger partial charge in [0.1, 0.15) is 5.78 Å². The lowest BCUT2D eigenvalue weighted by molar-refractivity contribution is -0.133. The van der Waals surface area contributed by atoms with Crippen LogP contribution in [-0.4, -0.2) is 31.4 Å². The summed E-state index contributed by atoms with van der Waals surface area (Å²) < 4.78 is 6.46. The highest BCUT2D eigenvalue weighted by molar-refractivity contribution is 6.74. The fourth-order valence-corrected chi connectivity index (χ4v) is 3.92. The fraction of sp³-hybridized carbons (Fsp3) is 0.944. The Kier molecular flexibility index (Phi) is 8.00. The second-order valence-electron chi connectivity index (χ2n) is 8.54. The standard InChI is InChI=1S/C18H38O3Si/c1-11-15(21-22(9,10)18(6,7)8)13(4)17(20)14(5)16(19)12(2)3/h12-16,19H,11H2,1-10H3/t13-,14+,15+,16+/m0/s1. The number of carbonyl (C=O) groups is 1. The number of ketones is 1. The first-order chi connectivity index (χ1) is 9.76. The molecule has 0 unspecified atom stereocenters. The number of rotatable bonds is 8. The molecular formula is C18H38O3Si. The van der Waals surface area contributed by atoms with E-state index in [1.54, 1.807) is 0 Å². The van der Waals surface area contributed by atoms with Gasteiger partial charge in [-0.15, -0.1) is 0 Å². The van der Waals surface area contributed by atoms with Gasteiger partial charge in [0.25, 0.3) is 0 Å². The highest BCUT2D eigenvalue weighted by Crippen LogP contribution is 2.38. The van der Waals surface area contributed by atoms with Crippen LogP contribution in [0.3, 0.4) is 0 Å². The minimum atomic E-state index is -1.90. The van der Waals surface area contributed by atoms with Gasteiger partial charge in [0, 0.05) is 11.8 Å². The van der Waals surface area contributed by atoms with Gasteiger partial charge in [0.2, 0.25) is 0 Å². The predicted octanol–water partition coefficient (Wildman–Crippen LogP) is 4.65. The van der Waals surface area contributed by atoms with Crippen molar-refractivity contribution < 1.29 is 14.3 Å². The van der Waals surface area contributed by atoms with E-state index in [1.165, 1.54) is 0 Å². The van der Waals surface area contributed by atoms with E-state index in [4.69, 9.17) is 4.43 Å². The third-order valence-corrected chi connectivity index (χ3v) is 9.81. The molecule has 22 heavy (non-hydrogen) atoms. The number of carbonyl (C=O) groups excluding carboxylic acids is 1. The molecule has 0 radical (unpaired) electrons. The van der Waals surface area contributed by atoms with Gasteiger partial charge < -0.3 is 9.53 Å². The number of hydrogen-bond donors (Lipinski definition) is 1. The van der Waals surface area contributed by atoms with Crippen LogP contribution in [0.1, 0.15) is 61.8 Å². The summed E-state index contributed by atoms with van der Waals surface area (Å²) in [4.78, 5) is 12.7. The number of Topliss-reactive ketones (excluding diaryl/α,β-unsaturated/α-hetero) is 1. The summed E-state index contributed by atoms with van der Waals surface area (Å²) in [6, 6.07) is 0. The highest BCUT2D eigenvalue weighted by atomic mass is 28.4. The molecule has 4 atom stereocenters. The van der Waals surface area contributed by atoms with Crippen LogP contribution in [0.4, 0.5) is 0 Å². The third kappa shape index (κ3) is 5.46. The van der Waals surface area contributed by atoms with Crippen molar-refractivity contribution >= 4 is 14.1 Å². The zero-order chi connectivity index (χ0) is 17.9. The van der Waals surface area contributed by atoms with E-state index < -0.39 is 14.4 Å². The largest absolute Gasteiger partial charge is 0.413 e. The second-order valence-corrected chi connectivity index (χ2v) is 13.3. The lowest BCUT2D eigenvalue weighted by Gasteiger charge is -2.41. The van der Waals surface area contributed by atoms with E-state index in [9.17, 15) is 9.90 Å². The Bertz CT molecular complexity index is 358. The molecule has 0 saturated heterocycles. The average molecular weight is 331 g/mol. The minimum absolute atomic E-state index is 0.0600. The Balaban J connectivity index is 5.07. The van der Waals surface area contributed by atoms with Crippen molar-refractivity contribution in [1.29, 1.82) is 0 Å². The molecule has 0 saturated carbocycles. The van der Waals surface area contributed by atoms with Crippen LogP contribution >= 0.6 is 0 Å². The number of aliphatic hydroxyl groups is 1. The minimum Gasteiger partial charge on any atom is -0.413 e. The zero-order valence-electron chi connectivity index (χ0n) is 16.4. The molecule has 0 rings (SSSR count). The van der Waals surface area contributed by atoms with Gasteiger partial charge in [-0.25, -0.2) is 0 Å². The first kappa shape index (κ1) is 21.8. The van der Waals surface area contributed by atoms with Gasteiger partial charge in [-0.05, 0) is 30.5 Å². The van der Waals surface area contributed by atoms with Crippen LogP contribution in [-0.2, 0) is 9.22 Å². The lowest BCUT2D eigenvalue weighted by atomic mass is 9.84. The Morgan fingerprint density at radius 2 is 1.55 bits per heavy atom. The zero-order valence-corrected chi connectivity index (χ0v) is 17.4. The van der Waals surface area contributed by atoms with Gasteiger partial charge in [-0.2, -0.15) is 0 Å². The molecule has 0 aromatic rings. The molecule has 0 aromatic heterocycles. The summed E-state index contributed by atoms with van der Waals surface area (Å²) in [5.41, 5.74) is 0. The molecule has 0 aliphatic heterocycles. The van der Waals surface area contributed by atoms with Crippen LogP contribution in [0.2, 0.25) is 18.1 Å². The lowest BCUT2D eigenvalue weighted by Crippen LogP contribution is -2.47. The number of aliphatic hydroxyl groups excluding tert-OH is 1. The molecule has 4 heteroatoms. The topological polar surface area (TPSA) is 46.5 Å². The summed E-state index contributed by atoms with van der Waals surface area (Å²) in [6.07, 6.45) is 0.180. The van der Waals surface area contributed by atoms with Gasteiger partial charge in [-0.3, -0.25) is 4.79 Å². The van der Waals surface area contributed by atoms with E-state index >= 15 is 0 Å². The third-order valence-electron chi connectivity index (χ3n) is 5.31. The van der Waals surface area contributed by atoms with E-state index in [1.807, 2.05) is 27.7 Å². The van der Waals surface area contributed by atoms with Crippen LogP contribution in [0.5, 0.6) is 0 Å². The SMILES string of the molecule is CC[C@@H](O[Si](C)(C)C(C)(C)C)[C@H](C)C(=O)[C@H](C)[C@H](O)C(C)C. The molecule has 1 N–H and O–H groups in total. The van der Waals surface area contributed by atoms with E-state index in [0.29, 0.717) is 0 Å². The van der Waals surface area contributed by atoms with Crippen molar-refractivity contribution in [3.8, 4) is 0 Å². The molecular weight excluding hydrogens is 292 g/mol. The first-order valence-corrected chi connectivity index (χ1v) is 11.6. The predicted molar refractivity (Wildman–Crippen MR) is 96.5 cm³/mol. The quantitative estimate of drug-likeness (QED) is 0.659. The first-order valence-electron chi connectivity index (χ1n) is 8.65. The Labute approximate surface area is 139 Å². The molecule has 0 bridgehead atoms. The maximum Gasteiger partial charge on any atom is 0.192 e. The van der Waals surface area contributed by atoms with Crippen molar-refractivity contribution in [2.75, 3.05) is 0 Å². The molecule has 0 aromatic carbocycles.